The Morgan fingerprint density at radius 3 is 2.65 bits per heavy atom. The largest absolute Gasteiger partial charge is 0.303 e. The summed E-state index contributed by atoms with van der Waals surface area (Å²) in [5.41, 5.74) is 0.597. The molecule has 0 N–H and O–H groups in total. The van der Waals surface area contributed by atoms with E-state index in [1.807, 2.05) is 0 Å². The summed E-state index contributed by atoms with van der Waals surface area (Å²) >= 11 is 0. The first-order valence-electron chi connectivity index (χ1n) is 8.98. The van der Waals surface area contributed by atoms with Gasteiger partial charge < -0.3 is 4.79 Å². The third kappa shape index (κ3) is 2.97. The average Bonchev–Trinajstić information content (AvgIpc) is 2.78. The smallest absolute Gasteiger partial charge is 0.123 e. The van der Waals surface area contributed by atoms with E-state index in [2.05, 4.69) is 27.7 Å². The summed E-state index contributed by atoms with van der Waals surface area (Å²) in [7, 11) is 0. The number of hydrogen-bond donors (Lipinski definition) is 0. The molecule has 0 aliphatic heterocycles. The van der Waals surface area contributed by atoms with Gasteiger partial charge in [-0.2, -0.15) is 0 Å². The summed E-state index contributed by atoms with van der Waals surface area (Å²) < 4.78 is 0. The zero-order valence-electron chi connectivity index (χ0n) is 14.0. The second-order valence-corrected chi connectivity index (χ2v) is 8.02. The maximum Gasteiger partial charge on any atom is 0.123 e. The maximum atomic E-state index is 11.0. The monoisotopic (exact) mass is 278 g/mol. The molecule has 1 nitrogen and oxygen atoms in total. The van der Waals surface area contributed by atoms with Crippen LogP contribution in [0.1, 0.15) is 79.1 Å². The molecule has 0 amide bonds. The molecule has 2 saturated carbocycles. The van der Waals surface area contributed by atoms with Crippen molar-refractivity contribution in [3.05, 3.63) is 0 Å². The Balaban J connectivity index is 1.96. The third-order valence-corrected chi connectivity index (χ3v) is 6.94. The van der Waals surface area contributed by atoms with Gasteiger partial charge in [0, 0.05) is 5.92 Å². The fourth-order valence-corrected chi connectivity index (χ4v) is 5.59. The third-order valence-electron chi connectivity index (χ3n) is 6.94. The lowest BCUT2D eigenvalue weighted by Crippen LogP contribution is -2.38. The van der Waals surface area contributed by atoms with Gasteiger partial charge in [-0.15, -0.1) is 0 Å². The van der Waals surface area contributed by atoms with Gasteiger partial charge in [0.15, 0.2) is 0 Å². The van der Waals surface area contributed by atoms with E-state index >= 15 is 0 Å². The SMILES string of the molecule is CCC(C=O)CCC(C)[C@H]1CCC2[C@@H](C)CCC[C@@]21C. The lowest BCUT2D eigenvalue weighted by molar-refractivity contribution is -0.111. The first kappa shape index (κ1) is 16.0. The van der Waals surface area contributed by atoms with E-state index < -0.39 is 0 Å². The molecule has 20 heavy (non-hydrogen) atoms. The van der Waals surface area contributed by atoms with Crippen LogP contribution in [-0.4, -0.2) is 6.29 Å². The maximum absolute atomic E-state index is 11.0. The lowest BCUT2D eigenvalue weighted by Gasteiger charge is -2.46. The van der Waals surface area contributed by atoms with E-state index in [1.54, 1.807) is 0 Å². The first-order valence-corrected chi connectivity index (χ1v) is 8.98. The molecule has 2 aliphatic carbocycles. The Labute approximate surface area is 125 Å². The topological polar surface area (TPSA) is 17.1 Å². The molecule has 0 bridgehead atoms. The average molecular weight is 278 g/mol. The first-order chi connectivity index (χ1) is 9.52. The number of rotatable bonds is 6. The van der Waals surface area contributed by atoms with Crippen LogP contribution in [0.15, 0.2) is 0 Å². The predicted molar refractivity (Wildman–Crippen MR) is 85.6 cm³/mol. The molecule has 0 saturated heterocycles. The Morgan fingerprint density at radius 2 is 2.00 bits per heavy atom. The van der Waals surface area contributed by atoms with Crippen molar-refractivity contribution in [3.8, 4) is 0 Å². The molecule has 0 aromatic carbocycles. The van der Waals surface area contributed by atoms with Crippen molar-refractivity contribution in [2.24, 2.45) is 35.0 Å². The van der Waals surface area contributed by atoms with Gasteiger partial charge in [0.25, 0.3) is 0 Å². The van der Waals surface area contributed by atoms with Gasteiger partial charge in [-0.1, -0.05) is 40.5 Å². The Bertz CT molecular complexity index is 324. The van der Waals surface area contributed by atoms with Crippen molar-refractivity contribution in [2.45, 2.75) is 79.1 Å². The molecule has 0 aromatic rings. The highest BCUT2D eigenvalue weighted by molar-refractivity contribution is 5.53. The molecule has 6 atom stereocenters. The molecule has 2 rings (SSSR count). The number of fused-ring (bicyclic) bond motifs is 1. The number of carbonyl (C=O) groups is 1. The Hall–Kier alpha value is -0.330. The summed E-state index contributed by atoms with van der Waals surface area (Å²) in [4.78, 5) is 11.0. The number of hydrogen-bond acceptors (Lipinski definition) is 1. The van der Waals surface area contributed by atoms with Gasteiger partial charge in [0.1, 0.15) is 6.29 Å². The van der Waals surface area contributed by atoms with E-state index in [0.717, 1.165) is 36.5 Å². The molecule has 0 radical (unpaired) electrons. The lowest BCUT2D eigenvalue weighted by atomic mass is 9.59. The number of aldehydes is 1. The standard InChI is InChI=1S/C19H34O/c1-5-16(13-20)9-8-15(3)18-11-10-17-14(2)7-6-12-19(17,18)4/h13-18H,5-12H2,1-4H3/t14-,15?,16?,17?,18+,19-/m0/s1. The summed E-state index contributed by atoms with van der Waals surface area (Å²) in [6.07, 6.45) is 11.8. The van der Waals surface area contributed by atoms with Crippen LogP contribution in [0.5, 0.6) is 0 Å². The molecule has 0 aromatic heterocycles. The van der Waals surface area contributed by atoms with Crippen molar-refractivity contribution < 1.29 is 4.79 Å². The van der Waals surface area contributed by atoms with E-state index in [0.29, 0.717) is 11.3 Å². The molecule has 1 heteroatoms. The van der Waals surface area contributed by atoms with Crippen LogP contribution in [0.2, 0.25) is 0 Å². The van der Waals surface area contributed by atoms with Gasteiger partial charge in [0.2, 0.25) is 0 Å². The molecular formula is C19H34O. The fraction of sp³-hybridized carbons (Fsp3) is 0.947. The van der Waals surface area contributed by atoms with Crippen LogP contribution >= 0.6 is 0 Å². The summed E-state index contributed by atoms with van der Waals surface area (Å²) in [6, 6.07) is 0. The van der Waals surface area contributed by atoms with Crippen LogP contribution in [0.25, 0.3) is 0 Å². The predicted octanol–water partition coefficient (Wildman–Crippen LogP) is 5.48. The Morgan fingerprint density at radius 1 is 1.25 bits per heavy atom. The zero-order valence-corrected chi connectivity index (χ0v) is 14.0. The second-order valence-electron chi connectivity index (χ2n) is 8.02. The van der Waals surface area contributed by atoms with Crippen molar-refractivity contribution in [1.82, 2.24) is 0 Å². The van der Waals surface area contributed by atoms with Crippen LogP contribution in [0.3, 0.4) is 0 Å². The summed E-state index contributed by atoms with van der Waals surface area (Å²) in [6.45, 7) is 9.65. The van der Waals surface area contributed by atoms with E-state index in [4.69, 9.17) is 0 Å². The highest BCUT2D eigenvalue weighted by Gasteiger charge is 2.51. The normalized spacial score (nSPS) is 40.1. The van der Waals surface area contributed by atoms with Gasteiger partial charge in [-0.25, -0.2) is 0 Å². The van der Waals surface area contributed by atoms with Gasteiger partial charge in [-0.05, 0) is 67.6 Å². The van der Waals surface area contributed by atoms with Gasteiger partial charge >= 0.3 is 0 Å². The zero-order chi connectivity index (χ0) is 14.8. The molecule has 116 valence electrons. The molecule has 3 unspecified atom stereocenters. The van der Waals surface area contributed by atoms with Crippen LogP contribution in [0, 0.1) is 35.0 Å². The van der Waals surface area contributed by atoms with Gasteiger partial charge in [-0.3, -0.25) is 0 Å². The highest BCUT2D eigenvalue weighted by Crippen LogP contribution is 2.59. The molecular weight excluding hydrogens is 244 g/mol. The fourth-order valence-electron chi connectivity index (χ4n) is 5.59. The molecule has 2 fully saturated rings. The Kier molecular flexibility index (Phi) is 5.31. The quantitative estimate of drug-likeness (QED) is 0.588. The summed E-state index contributed by atoms with van der Waals surface area (Å²) in [5, 5.41) is 0. The number of carbonyl (C=O) groups excluding carboxylic acids is 1. The van der Waals surface area contributed by atoms with Crippen LogP contribution < -0.4 is 0 Å². The van der Waals surface area contributed by atoms with E-state index in [-0.39, 0.29) is 0 Å². The minimum atomic E-state index is 0.299. The molecule has 0 heterocycles. The van der Waals surface area contributed by atoms with E-state index in [9.17, 15) is 4.79 Å². The minimum Gasteiger partial charge on any atom is -0.303 e. The van der Waals surface area contributed by atoms with Crippen LogP contribution in [-0.2, 0) is 4.79 Å². The van der Waals surface area contributed by atoms with Gasteiger partial charge in [0.05, 0.1) is 0 Å². The highest BCUT2D eigenvalue weighted by atomic mass is 16.1. The molecule has 0 spiro atoms. The molecule has 2 aliphatic rings. The van der Waals surface area contributed by atoms with Crippen molar-refractivity contribution in [1.29, 1.82) is 0 Å². The van der Waals surface area contributed by atoms with E-state index in [1.165, 1.54) is 44.8 Å². The summed E-state index contributed by atoms with van der Waals surface area (Å²) in [5.74, 6) is 3.90. The van der Waals surface area contributed by atoms with Crippen molar-refractivity contribution >= 4 is 6.29 Å². The second kappa shape index (κ2) is 6.62. The minimum absolute atomic E-state index is 0.299. The van der Waals surface area contributed by atoms with Crippen molar-refractivity contribution in [2.75, 3.05) is 0 Å². The van der Waals surface area contributed by atoms with Crippen molar-refractivity contribution in [3.63, 3.8) is 0 Å². The van der Waals surface area contributed by atoms with Crippen LogP contribution in [0.4, 0.5) is 0 Å².